The lowest BCUT2D eigenvalue weighted by Gasteiger charge is -2.03. The summed E-state index contributed by atoms with van der Waals surface area (Å²) in [5, 5.41) is 7.76. The smallest absolute Gasteiger partial charge is 0.226 e. The zero-order chi connectivity index (χ0) is 11.4. The number of thioether (sulfide) groups is 1. The summed E-state index contributed by atoms with van der Waals surface area (Å²) in [6, 6.07) is 8.42. The van der Waals surface area contributed by atoms with Gasteiger partial charge in [0, 0.05) is 12.7 Å². The molecule has 0 atom stereocenters. The second-order valence-electron chi connectivity index (χ2n) is 3.63. The summed E-state index contributed by atoms with van der Waals surface area (Å²) in [5.41, 5.74) is 2.69. The van der Waals surface area contributed by atoms with Crippen molar-refractivity contribution in [3.05, 3.63) is 47.2 Å². The molecule has 2 rings (SSSR count). The van der Waals surface area contributed by atoms with Crippen LogP contribution in [0.15, 0.2) is 28.7 Å². The van der Waals surface area contributed by atoms with Crippen molar-refractivity contribution in [1.82, 2.24) is 10.2 Å². The molecular formula is C12H14N2OS. The van der Waals surface area contributed by atoms with E-state index in [0.29, 0.717) is 11.8 Å². The third-order valence-corrected chi connectivity index (χ3v) is 3.28. The van der Waals surface area contributed by atoms with Crippen LogP contribution in [0.1, 0.15) is 22.9 Å². The third kappa shape index (κ3) is 2.85. The molecule has 0 aliphatic rings. The second-order valence-corrected chi connectivity index (χ2v) is 4.62. The molecule has 1 aromatic carbocycles. The molecule has 0 radical (unpaired) electrons. The van der Waals surface area contributed by atoms with E-state index in [2.05, 4.69) is 41.4 Å². The highest BCUT2D eigenvalue weighted by Gasteiger charge is 2.03. The second kappa shape index (κ2) is 5.16. The lowest BCUT2D eigenvalue weighted by molar-refractivity contribution is 0.485. The molecule has 0 saturated carbocycles. The first kappa shape index (κ1) is 11.2. The van der Waals surface area contributed by atoms with E-state index in [1.807, 2.05) is 6.92 Å². The summed E-state index contributed by atoms with van der Waals surface area (Å²) in [6.45, 7) is 3.94. The van der Waals surface area contributed by atoms with Gasteiger partial charge < -0.3 is 4.42 Å². The van der Waals surface area contributed by atoms with Gasteiger partial charge in [-0.3, -0.25) is 0 Å². The van der Waals surface area contributed by atoms with Crippen molar-refractivity contribution in [2.24, 2.45) is 0 Å². The Hall–Kier alpha value is -1.29. The van der Waals surface area contributed by atoms with Crippen molar-refractivity contribution in [3.63, 3.8) is 0 Å². The lowest BCUT2D eigenvalue weighted by Crippen LogP contribution is -1.87. The van der Waals surface area contributed by atoms with Crippen molar-refractivity contribution in [3.8, 4) is 0 Å². The summed E-state index contributed by atoms with van der Waals surface area (Å²) < 4.78 is 5.31. The van der Waals surface area contributed by atoms with Crippen LogP contribution in [-0.2, 0) is 11.5 Å². The van der Waals surface area contributed by atoms with E-state index in [1.165, 1.54) is 11.1 Å². The minimum atomic E-state index is 0.631. The van der Waals surface area contributed by atoms with Crippen molar-refractivity contribution < 1.29 is 4.42 Å². The number of hydrogen-bond donors (Lipinski definition) is 0. The molecule has 0 saturated heterocycles. The summed E-state index contributed by atoms with van der Waals surface area (Å²) >= 11 is 1.79. The van der Waals surface area contributed by atoms with E-state index in [0.717, 1.165) is 11.5 Å². The topological polar surface area (TPSA) is 38.9 Å². The third-order valence-electron chi connectivity index (χ3n) is 2.31. The largest absolute Gasteiger partial charge is 0.425 e. The van der Waals surface area contributed by atoms with Crippen molar-refractivity contribution in [2.75, 3.05) is 0 Å². The Labute approximate surface area is 99.3 Å². The average molecular weight is 234 g/mol. The minimum absolute atomic E-state index is 0.631. The number of nitrogens with zero attached hydrogens (tertiary/aromatic N) is 2. The van der Waals surface area contributed by atoms with Gasteiger partial charge in [-0.15, -0.1) is 22.0 Å². The fourth-order valence-corrected chi connectivity index (χ4v) is 2.35. The summed E-state index contributed by atoms with van der Waals surface area (Å²) in [7, 11) is 0. The Morgan fingerprint density at radius 3 is 2.62 bits per heavy atom. The molecule has 84 valence electrons. The normalized spacial score (nSPS) is 10.6. The lowest BCUT2D eigenvalue weighted by atomic mass is 10.1. The zero-order valence-corrected chi connectivity index (χ0v) is 10.3. The van der Waals surface area contributed by atoms with E-state index in [4.69, 9.17) is 4.42 Å². The van der Waals surface area contributed by atoms with Crippen LogP contribution in [0.2, 0.25) is 0 Å². The SMILES string of the molecule is Cc1nnc(CSCc2ccccc2C)o1. The molecule has 0 fully saturated rings. The van der Waals surface area contributed by atoms with Crippen LogP contribution < -0.4 is 0 Å². The molecule has 0 amide bonds. The monoisotopic (exact) mass is 234 g/mol. The highest BCUT2D eigenvalue weighted by atomic mass is 32.2. The zero-order valence-electron chi connectivity index (χ0n) is 9.43. The predicted molar refractivity (Wildman–Crippen MR) is 65.2 cm³/mol. The Balaban J connectivity index is 1.87. The quantitative estimate of drug-likeness (QED) is 0.814. The van der Waals surface area contributed by atoms with E-state index in [1.54, 1.807) is 11.8 Å². The van der Waals surface area contributed by atoms with Crippen molar-refractivity contribution in [1.29, 1.82) is 0 Å². The van der Waals surface area contributed by atoms with Gasteiger partial charge in [-0.1, -0.05) is 24.3 Å². The maximum atomic E-state index is 5.31. The van der Waals surface area contributed by atoms with E-state index < -0.39 is 0 Å². The molecule has 0 spiro atoms. The maximum absolute atomic E-state index is 5.31. The number of aromatic nitrogens is 2. The highest BCUT2D eigenvalue weighted by Crippen LogP contribution is 2.19. The Bertz CT molecular complexity index is 468. The molecule has 16 heavy (non-hydrogen) atoms. The van der Waals surface area contributed by atoms with Gasteiger partial charge in [0.1, 0.15) is 0 Å². The van der Waals surface area contributed by atoms with Gasteiger partial charge in [0.25, 0.3) is 0 Å². The molecule has 0 bridgehead atoms. The summed E-state index contributed by atoms with van der Waals surface area (Å²) in [6.07, 6.45) is 0. The molecule has 1 heterocycles. The van der Waals surface area contributed by atoms with Crippen LogP contribution in [-0.4, -0.2) is 10.2 Å². The first-order valence-corrected chi connectivity index (χ1v) is 6.32. The summed E-state index contributed by atoms with van der Waals surface area (Å²) in [4.78, 5) is 0. The van der Waals surface area contributed by atoms with Gasteiger partial charge in [-0.2, -0.15) is 0 Å². The molecule has 0 unspecified atom stereocenters. The van der Waals surface area contributed by atoms with E-state index in [-0.39, 0.29) is 0 Å². The highest BCUT2D eigenvalue weighted by molar-refractivity contribution is 7.97. The van der Waals surface area contributed by atoms with Gasteiger partial charge >= 0.3 is 0 Å². The van der Waals surface area contributed by atoms with Gasteiger partial charge in [0.15, 0.2) is 0 Å². The summed E-state index contributed by atoms with van der Waals surface area (Å²) in [5.74, 6) is 3.09. The van der Waals surface area contributed by atoms with Gasteiger partial charge in [-0.05, 0) is 18.1 Å². The average Bonchev–Trinajstić information content (AvgIpc) is 2.67. The number of rotatable bonds is 4. The molecule has 2 aromatic rings. The molecule has 3 nitrogen and oxygen atoms in total. The first-order chi connectivity index (χ1) is 7.75. The van der Waals surface area contributed by atoms with Gasteiger partial charge in [0.2, 0.25) is 11.8 Å². The fourth-order valence-electron chi connectivity index (χ4n) is 1.42. The van der Waals surface area contributed by atoms with Crippen LogP contribution in [0, 0.1) is 13.8 Å². The molecule has 4 heteroatoms. The van der Waals surface area contributed by atoms with Crippen molar-refractivity contribution >= 4 is 11.8 Å². The Kier molecular flexibility index (Phi) is 3.62. The van der Waals surface area contributed by atoms with Crippen LogP contribution in [0.3, 0.4) is 0 Å². The van der Waals surface area contributed by atoms with Gasteiger partial charge in [0.05, 0.1) is 5.75 Å². The minimum Gasteiger partial charge on any atom is -0.425 e. The van der Waals surface area contributed by atoms with Gasteiger partial charge in [-0.25, -0.2) is 0 Å². The van der Waals surface area contributed by atoms with Crippen LogP contribution in [0.25, 0.3) is 0 Å². The van der Waals surface area contributed by atoms with Crippen molar-refractivity contribution in [2.45, 2.75) is 25.4 Å². The fraction of sp³-hybridized carbons (Fsp3) is 0.333. The predicted octanol–water partition coefficient (Wildman–Crippen LogP) is 3.12. The molecule has 0 N–H and O–H groups in total. The van der Waals surface area contributed by atoms with Crippen LogP contribution in [0.4, 0.5) is 0 Å². The molecule has 1 aromatic heterocycles. The molecular weight excluding hydrogens is 220 g/mol. The molecule has 0 aliphatic carbocycles. The standard InChI is InChI=1S/C12H14N2OS/c1-9-5-3-4-6-11(9)7-16-8-12-14-13-10(2)15-12/h3-6H,7-8H2,1-2H3. The first-order valence-electron chi connectivity index (χ1n) is 5.17. The Morgan fingerprint density at radius 2 is 1.94 bits per heavy atom. The number of benzene rings is 1. The maximum Gasteiger partial charge on any atom is 0.226 e. The number of aryl methyl sites for hydroxylation is 2. The van der Waals surface area contributed by atoms with Crippen LogP contribution in [0.5, 0.6) is 0 Å². The van der Waals surface area contributed by atoms with Crippen LogP contribution >= 0.6 is 11.8 Å². The van der Waals surface area contributed by atoms with E-state index in [9.17, 15) is 0 Å². The molecule has 0 aliphatic heterocycles. The van der Waals surface area contributed by atoms with E-state index >= 15 is 0 Å². The number of hydrogen-bond acceptors (Lipinski definition) is 4. The Morgan fingerprint density at radius 1 is 1.12 bits per heavy atom.